The number of halogens is 2. The summed E-state index contributed by atoms with van der Waals surface area (Å²) in [6, 6.07) is 4.14. The average molecular weight is 244 g/mol. The Morgan fingerprint density at radius 2 is 2.12 bits per heavy atom. The van der Waals surface area contributed by atoms with Crippen LogP contribution in [0.15, 0.2) is 12.1 Å². The van der Waals surface area contributed by atoms with Crippen LogP contribution in [-0.4, -0.2) is 13.1 Å². The zero-order valence-corrected chi connectivity index (χ0v) is 10.9. The minimum atomic E-state index is -0.297. The monoisotopic (exact) mass is 243 g/mol. The lowest BCUT2D eigenvalue weighted by Crippen LogP contribution is -2.20. The van der Waals surface area contributed by atoms with Gasteiger partial charge in [-0.15, -0.1) is 0 Å². The van der Waals surface area contributed by atoms with Gasteiger partial charge in [0.05, 0.1) is 5.02 Å². The molecule has 0 fully saturated rings. The number of benzene rings is 1. The van der Waals surface area contributed by atoms with Gasteiger partial charge in [-0.1, -0.05) is 17.7 Å². The fourth-order valence-corrected chi connectivity index (χ4v) is 1.99. The number of hydrogen-bond donors (Lipinski definition) is 1. The van der Waals surface area contributed by atoms with Crippen LogP contribution in [0.2, 0.25) is 5.02 Å². The molecule has 0 bridgehead atoms. The molecule has 3 heteroatoms. The third-order valence-corrected chi connectivity index (χ3v) is 3.14. The first-order valence-electron chi connectivity index (χ1n) is 5.66. The van der Waals surface area contributed by atoms with E-state index in [0.29, 0.717) is 11.6 Å². The van der Waals surface area contributed by atoms with Gasteiger partial charge in [-0.05, 0) is 57.4 Å². The first-order chi connectivity index (χ1) is 7.54. The SMILES string of the molecule is CN[C@@H](C)CCCc1cc(C)c(F)c(Cl)c1. The molecule has 0 aliphatic carbocycles. The quantitative estimate of drug-likeness (QED) is 0.831. The normalized spacial score (nSPS) is 12.8. The zero-order valence-electron chi connectivity index (χ0n) is 10.1. The van der Waals surface area contributed by atoms with Gasteiger partial charge < -0.3 is 5.32 Å². The second-order valence-electron chi connectivity index (χ2n) is 4.29. The molecule has 0 aliphatic heterocycles. The van der Waals surface area contributed by atoms with E-state index in [4.69, 9.17) is 11.6 Å². The van der Waals surface area contributed by atoms with Crippen molar-refractivity contribution in [3.63, 3.8) is 0 Å². The molecule has 0 aromatic heterocycles. The number of nitrogens with one attached hydrogen (secondary N) is 1. The van der Waals surface area contributed by atoms with Crippen molar-refractivity contribution in [1.29, 1.82) is 0 Å². The standard InChI is InChI=1S/C13H19ClFN/c1-9-7-11(8-12(14)13(9)15)6-4-5-10(2)16-3/h7-8,10,16H,4-6H2,1-3H3/t10-/m0/s1. The average Bonchev–Trinajstić information content (AvgIpc) is 2.25. The number of hydrogen-bond acceptors (Lipinski definition) is 1. The lowest BCUT2D eigenvalue weighted by atomic mass is 10.0. The molecular formula is C13H19ClFN. The molecule has 0 saturated heterocycles. The Hall–Kier alpha value is -0.600. The molecule has 0 radical (unpaired) electrons. The highest BCUT2D eigenvalue weighted by Gasteiger charge is 2.06. The summed E-state index contributed by atoms with van der Waals surface area (Å²) in [4.78, 5) is 0. The van der Waals surface area contributed by atoms with Crippen LogP contribution in [0.4, 0.5) is 4.39 Å². The van der Waals surface area contributed by atoms with Crippen molar-refractivity contribution in [1.82, 2.24) is 5.32 Å². The summed E-state index contributed by atoms with van der Waals surface area (Å²) in [5.74, 6) is -0.297. The van der Waals surface area contributed by atoms with Crippen molar-refractivity contribution < 1.29 is 4.39 Å². The third-order valence-electron chi connectivity index (χ3n) is 2.87. The Balaban J connectivity index is 2.55. The maximum atomic E-state index is 13.3. The molecule has 0 saturated carbocycles. The lowest BCUT2D eigenvalue weighted by Gasteiger charge is -2.10. The smallest absolute Gasteiger partial charge is 0.144 e. The van der Waals surface area contributed by atoms with Crippen molar-refractivity contribution in [2.24, 2.45) is 0 Å². The Bertz CT molecular complexity index is 329. The molecule has 16 heavy (non-hydrogen) atoms. The molecule has 90 valence electrons. The van der Waals surface area contributed by atoms with E-state index < -0.39 is 0 Å². The van der Waals surface area contributed by atoms with Crippen LogP contribution in [0.3, 0.4) is 0 Å². The highest BCUT2D eigenvalue weighted by Crippen LogP contribution is 2.21. The molecular weight excluding hydrogens is 225 g/mol. The van der Waals surface area contributed by atoms with Crippen LogP contribution in [0.25, 0.3) is 0 Å². The van der Waals surface area contributed by atoms with Crippen LogP contribution in [0.5, 0.6) is 0 Å². The Labute approximate surface area is 102 Å². The summed E-state index contributed by atoms with van der Waals surface area (Å²) in [5, 5.41) is 3.43. The molecule has 1 nitrogen and oxygen atoms in total. The summed E-state index contributed by atoms with van der Waals surface area (Å²) < 4.78 is 13.3. The predicted molar refractivity (Wildman–Crippen MR) is 67.6 cm³/mol. The highest BCUT2D eigenvalue weighted by molar-refractivity contribution is 6.30. The highest BCUT2D eigenvalue weighted by atomic mass is 35.5. The molecule has 1 aromatic rings. The van der Waals surface area contributed by atoms with E-state index >= 15 is 0 Å². The van der Waals surface area contributed by atoms with Crippen molar-refractivity contribution in [2.45, 2.75) is 39.2 Å². The van der Waals surface area contributed by atoms with Crippen LogP contribution in [0.1, 0.15) is 30.9 Å². The molecule has 1 aromatic carbocycles. The van der Waals surface area contributed by atoms with Crippen molar-refractivity contribution >= 4 is 11.6 Å². The molecule has 0 heterocycles. The van der Waals surface area contributed by atoms with E-state index in [1.54, 1.807) is 13.0 Å². The zero-order chi connectivity index (χ0) is 12.1. The maximum absolute atomic E-state index is 13.3. The van der Waals surface area contributed by atoms with Crippen LogP contribution in [-0.2, 0) is 6.42 Å². The van der Waals surface area contributed by atoms with Crippen LogP contribution in [0, 0.1) is 12.7 Å². The van der Waals surface area contributed by atoms with Gasteiger partial charge in [0.1, 0.15) is 5.82 Å². The Kier molecular flexibility index (Phi) is 5.23. The van der Waals surface area contributed by atoms with E-state index in [0.717, 1.165) is 24.8 Å². The summed E-state index contributed by atoms with van der Waals surface area (Å²) in [5.41, 5.74) is 1.75. The van der Waals surface area contributed by atoms with E-state index in [1.165, 1.54) is 0 Å². The molecule has 1 atom stereocenters. The third kappa shape index (κ3) is 3.76. The minimum Gasteiger partial charge on any atom is -0.317 e. The van der Waals surface area contributed by atoms with Gasteiger partial charge in [-0.3, -0.25) is 0 Å². The Morgan fingerprint density at radius 3 is 2.69 bits per heavy atom. The van der Waals surface area contributed by atoms with Gasteiger partial charge in [-0.2, -0.15) is 0 Å². The van der Waals surface area contributed by atoms with Gasteiger partial charge in [-0.25, -0.2) is 4.39 Å². The maximum Gasteiger partial charge on any atom is 0.144 e. The van der Waals surface area contributed by atoms with Crippen LogP contribution < -0.4 is 5.32 Å². The first kappa shape index (κ1) is 13.5. The summed E-state index contributed by atoms with van der Waals surface area (Å²) in [6.07, 6.45) is 3.15. The molecule has 0 unspecified atom stereocenters. The topological polar surface area (TPSA) is 12.0 Å². The molecule has 0 spiro atoms. The minimum absolute atomic E-state index is 0.233. The second kappa shape index (κ2) is 6.21. The Morgan fingerprint density at radius 1 is 1.44 bits per heavy atom. The molecule has 1 N–H and O–H groups in total. The molecule has 0 aliphatic rings. The van der Waals surface area contributed by atoms with E-state index in [2.05, 4.69) is 12.2 Å². The molecule has 0 amide bonds. The lowest BCUT2D eigenvalue weighted by molar-refractivity contribution is 0.541. The van der Waals surface area contributed by atoms with E-state index in [9.17, 15) is 4.39 Å². The van der Waals surface area contributed by atoms with Crippen LogP contribution >= 0.6 is 11.6 Å². The summed E-state index contributed by atoms with van der Waals surface area (Å²) in [6.45, 7) is 3.91. The van der Waals surface area contributed by atoms with Gasteiger partial charge in [0, 0.05) is 6.04 Å². The molecule has 1 rings (SSSR count). The fourth-order valence-electron chi connectivity index (χ4n) is 1.70. The van der Waals surface area contributed by atoms with E-state index in [-0.39, 0.29) is 10.8 Å². The van der Waals surface area contributed by atoms with Crippen molar-refractivity contribution in [2.75, 3.05) is 7.05 Å². The fraction of sp³-hybridized carbons (Fsp3) is 0.538. The van der Waals surface area contributed by atoms with Gasteiger partial charge in [0.2, 0.25) is 0 Å². The van der Waals surface area contributed by atoms with Gasteiger partial charge in [0.15, 0.2) is 0 Å². The largest absolute Gasteiger partial charge is 0.317 e. The first-order valence-corrected chi connectivity index (χ1v) is 6.04. The van der Waals surface area contributed by atoms with Gasteiger partial charge >= 0.3 is 0 Å². The van der Waals surface area contributed by atoms with Crippen molar-refractivity contribution in [3.05, 3.63) is 34.1 Å². The number of rotatable bonds is 5. The van der Waals surface area contributed by atoms with Gasteiger partial charge in [0.25, 0.3) is 0 Å². The van der Waals surface area contributed by atoms with E-state index in [1.807, 2.05) is 13.1 Å². The summed E-state index contributed by atoms with van der Waals surface area (Å²) >= 11 is 5.80. The number of aryl methyl sites for hydroxylation is 2. The predicted octanol–water partition coefficient (Wildman–Crippen LogP) is 3.72. The van der Waals surface area contributed by atoms with Crippen molar-refractivity contribution in [3.8, 4) is 0 Å². The second-order valence-corrected chi connectivity index (χ2v) is 4.70. The summed E-state index contributed by atoms with van der Waals surface area (Å²) in [7, 11) is 1.96.